The maximum atomic E-state index is 14.1. The van der Waals surface area contributed by atoms with E-state index < -0.39 is 11.9 Å². The number of hydrogen-bond acceptors (Lipinski definition) is 7. The molecule has 8 heteroatoms. The molecule has 2 N–H and O–H groups in total. The molecular weight excluding hydrogens is 535 g/mol. The second-order valence-corrected chi connectivity index (χ2v) is 10.0. The molecule has 0 fully saturated rings. The Bertz CT molecular complexity index is 1930. The first-order chi connectivity index (χ1) is 20.3. The van der Waals surface area contributed by atoms with Gasteiger partial charge in [0.1, 0.15) is 46.9 Å². The van der Waals surface area contributed by atoms with Crippen LogP contribution in [0.4, 0.5) is 4.39 Å². The molecule has 1 atom stereocenters. The highest BCUT2D eigenvalue weighted by Crippen LogP contribution is 2.44. The molecule has 0 saturated carbocycles. The van der Waals surface area contributed by atoms with E-state index in [4.69, 9.17) is 24.4 Å². The van der Waals surface area contributed by atoms with Gasteiger partial charge in [-0.15, -0.1) is 0 Å². The fraction of sp³-hybridized carbons (Fsp3) is 0.118. The zero-order chi connectivity index (χ0) is 29.4. The van der Waals surface area contributed by atoms with Gasteiger partial charge in [-0.25, -0.2) is 9.18 Å². The lowest BCUT2D eigenvalue weighted by Gasteiger charge is -2.27. The number of fused-ring (bicyclic) bond motifs is 2. The summed E-state index contributed by atoms with van der Waals surface area (Å²) in [5, 5.41) is 10.8. The van der Waals surface area contributed by atoms with E-state index in [9.17, 15) is 14.4 Å². The van der Waals surface area contributed by atoms with Gasteiger partial charge in [-0.05, 0) is 55.3 Å². The number of nitrogens with zero attached hydrogens (tertiary/aromatic N) is 1. The minimum atomic E-state index is -0.644. The molecule has 0 spiro atoms. The maximum Gasteiger partial charge on any atom is 0.379 e. The summed E-state index contributed by atoms with van der Waals surface area (Å²) in [7, 11) is 0. The molecule has 5 aromatic rings. The third kappa shape index (κ3) is 4.93. The Labute approximate surface area is 241 Å². The third-order valence-electron chi connectivity index (χ3n) is 7.22. The van der Waals surface area contributed by atoms with Crippen molar-refractivity contribution in [2.45, 2.75) is 26.4 Å². The number of benzene rings is 4. The van der Waals surface area contributed by atoms with Crippen molar-refractivity contribution >= 4 is 16.9 Å². The van der Waals surface area contributed by atoms with Gasteiger partial charge in [-0.2, -0.15) is 5.26 Å². The average molecular weight is 561 g/mol. The number of furan rings is 1. The number of hydrogen-bond donors (Lipinski definition) is 1. The van der Waals surface area contributed by atoms with Crippen LogP contribution in [-0.2, 0) is 6.61 Å². The van der Waals surface area contributed by atoms with Crippen molar-refractivity contribution in [3.05, 3.63) is 136 Å². The normalized spacial score (nSPS) is 14.2. The Morgan fingerprint density at radius 3 is 2.64 bits per heavy atom. The van der Waals surface area contributed by atoms with Crippen LogP contribution in [0.15, 0.2) is 101 Å². The van der Waals surface area contributed by atoms with Crippen molar-refractivity contribution in [2.24, 2.45) is 5.73 Å². The van der Waals surface area contributed by atoms with Crippen LogP contribution in [0.3, 0.4) is 0 Å². The number of nitriles is 1. The Morgan fingerprint density at radius 1 is 1.00 bits per heavy atom. The minimum Gasteiger partial charge on any atom is -0.489 e. The minimum absolute atomic E-state index is 0.0443. The lowest BCUT2D eigenvalue weighted by Crippen LogP contribution is -2.21. The van der Waals surface area contributed by atoms with E-state index in [0.717, 1.165) is 16.5 Å². The van der Waals surface area contributed by atoms with Crippen LogP contribution in [-0.4, -0.2) is 5.97 Å². The van der Waals surface area contributed by atoms with Gasteiger partial charge in [0.2, 0.25) is 11.6 Å². The molecule has 7 nitrogen and oxygen atoms in total. The Balaban J connectivity index is 1.28. The molecule has 2 heterocycles. The van der Waals surface area contributed by atoms with Crippen molar-refractivity contribution in [3.63, 3.8) is 0 Å². The molecule has 1 aromatic heterocycles. The summed E-state index contributed by atoms with van der Waals surface area (Å²) >= 11 is 0. The molecule has 4 aromatic carbocycles. The Morgan fingerprint density at radius 2 is 1.83 bits per heavy atom. The van der Waals surface area contributed by atoms with Crippen LogP contribution in [0.2, 0.25) is 0 Å². The monoisotopic (exact) mass is 560 g/mol. The predicted molar refractivity (Wildman–Crippen MR) is 154 cm³/mol. The Hall–Kier alpha value is -5.55. The fourth-order valence-corrected chi connectivity index (χ4v) is 5.08. The zero-order valence-corrected chi connectivity index (χ0v) is 22.8. The number of halogens is 1. The van der Waals surface area contributed by atoms with Crippen LogP contribution in [0, 0.1) is 31.0 Å². The van der Waals surface area contributed by atoms with Crippen LogP contribution in [0.25, 0.3) is 11.0 Å². The van der Waals surface area contributed by atoms with Gasteiger partial charge in [0.25, 0.3) is 0 Å². The van der Waals surface area contributed by atoms with E-state index in [2.05, 4.69) is 6.07 Å². The van der Waals surface area contributed by atoms with E-state index in [1.54, 1.807) is 61.5 Å². The molecule has 1 aliphatic heterocycles. The lowest BCUT2D eigenvalue weighted by atomic mass is 9.83. The average Bonchev–Trinajstić information content (AvgIpc) is 3.31. The van der Waals surface area contributed by atoms with Gasteiger partial charge < -0.3 is 24.4 Å². The van der Waals surface area contributed by atoms with Gasteiger partial charge in [-0.3, -0.25) is 0 Å². The van der Waals surface area contributed by atoms with E-state index >= 15 is 0 Å². The lowest BCUT2D eigenvalue weighted by molar-refractivity contribution is 0.0702. The molecule has 0 amide bonds. The zero-order valence-electron chi connectivity index (χ0n) is 22.8. The number of carbonyl (C=O) groups is 1. The van der Waals surface area contributed by atoms with Crippen molar-refractivity contribution in [1.29, 1.82) is 5.26 Å². The van der Waals surface area contributed by atoms with E-state index in [1.165, 1.54) is 6.07 Å². The molecular formula is C34H25FN2O5. The molecule has 0 aliphatic carbocycles. The maximum absolute atomic E-state index is 14.1. The van der Waals surface area contributed by atoms with E-state index in [0.29, 0.717) is 33.8 Å². The van der Waals surface area contributed by atoms with Crippen LogP contribution < -0.4 is 19.9 Å². The standard InChI is InChI=1S/C34H25FN2O5/c1-19-10-12-25-20(2)32(41-29(25)14-19)34(38)40-24-11-13-26-30(16-24)42-33(37)27(17-36)31(26)21-7-5-8-23(15-21)39-18-22-6-3-4-9-28(22)35/h3-16,31H,18,37H2,1-2H3. The van der Waals surface area contributed by atoms with Gasteiger partial charge >= 0.3 is 5.97 Å². The number of esters is 1. The van der Waals surface area contributed by atoms with Crippen molar-refractivity contribution in [2.75, 3.05) is 0 Å². The van der Waals surface area contributed by atoms with Crippen LogP contribution >= 0.6 is 0 Å². The highest BCUT2D eigenvalue weighted by atomic mass is 19.1. The molecule has 0 radical (unpaired) electrons. The molecule has 42 heavy (non-hydrogen) atoms. The van der Waals surface area contributed by atoms with Gasteiger partial charge in [-0.1, -0.05) is 48.5 Å². The summed E-state index contributed by atoms with van der Waals surface area (Å²) in [6.07, 6.45) is 0. The first-order valence-electron chi connectivity index (χ1n) is 13.2. The van der Waals surface area contributed by atoms with Crippen molar-refractivity contribution < 1.29 is 27.8 Å². The van der Waals surface area contributed by atoms with Crippen molar-refractivity contribution in [3.8, 4) is 23.3 Å². The summed E-state index contributed by atoms with van der Waals surface area (Å²) in [6, 6.07) is 26.4. The van der Waals surface area contributed by atoms with E-state index in [-0.39, 0.29) is 35.4 Å². The van der Waals surface area contributed by atoms with Crippen LogP contribution in [0.5, 0.6) is 17.2 Å². The van der Waals surface area contributed by atoms with E-state index in [1.807, 2.05) is 31.2 Å². The number of nitrogens with two attached hydrogens (primary N) is 1. The third-order valence-corrected chi connectivity index (χ3v) is 7.22. The molecule has 0 saturated heterocycles. The molecule has 208 valence electrons. The number of carbonyl (C=O) groups excluding carboxylic acids is 1. The smallest absolute Gasteiger partial charge is 0.379 e. The summed E-state index contributed by atoms with van der Waals surface area (Å²) in [6.45, 7) is 3.80. The topological polar surface area (TPSA) is 108 Å². The van der Waals surface area contributed by atoms with Gasteiger partial charge in [0.15, 0.2) is 0 Å². The first-order valence-corrected chi connectivity index (χ1v) is 13.2. The Kier molecular flexibility index (Phi) is 6.85. The summed E-state index contributed by atoms with van der Waals surface area (Å²) in [5.41, 5.74) is 10.5. The highest BCUT2D eigenvalue weighted by molar-refractivity contribution is 5.97. The highest BCUT2D eigenvalue weighted by Gasteiger charge is 2.31. The largest absolute Gasteiger partial charge is 0.489 e. The summed E-state index contributed by atoms with van der Waals surface area (Å²) in [4.78, 5) is 13.1. The first kappa shape index (κ1) is 26.7. The molecule has 1 aliphatic rings. The second-order valence-electron chi connectivity index (χ2n) is 10.0. The second kappa shape index (κ2) is 10.8. The quantitative estimate of drug-likeness (QED) is 0.173. The number of allylic oxidation sites excluding steroid dienone is 1. The van der Waals surface area contributed by atoms with Crippen molar-refractivity contribution in [1.82, 2.24) is 0 Å². The number of aryl methyl sites for hydroxylation is 2. The molecule has 1 unspecified atom stereocenters. The number of rotatable bonds is 6. The summed E-state index contributed by atoms with van der Waals surface area (Å²) in [5.74, 6) is -0.431. The fourth-order valence-electron chi connectivity index (χ4n) is 5.08. The van der Waals surface area contributed by atoms with Crippen LogP contribution in [0.1, 0.15) is 44.3 Å². The van der Waals surface area contributed by atoms with Gasteiger partial charge in [0, 0.05) is 28.1 Å². The van der Waals surface area contributed by atoms with Gasteiger partial charge in [0.05, 0.1) is 5.92 Å². The summed E-state index contributed by atoms with van der Waals surface area (Å²) < 4.78 is 37.2. The predicted octanol–water partition coefficient (Wildman–Crippen LogP) is 7.21. The SMILES string of the molecule is Cc1ccc2c(C)c(C(=O)Oc3ccc4c(c3)OC(N)=C(C#N)C4c3cccc(OCc4ccccc4F)c3)oc2c1. The molecule has 6 rings (SSSR count). The number of ether oxygens (including phenoxy) is 3. The molecule has 0 bridgehead atoms.